The average Bonchev–Trinajstić information content (AvgIpc) is 3.79. The fourth-order valence-electron chi connectivity index (χ4n) is 6.54. The maximum atomic E-state index is 13.1. The lowest BCUT2D eigenvalue weighted by atomic mass is 10.0. The predicted octanol–water partition coefficient (Wildman–Crippen LogP) is 4.25. The van der Waals surface area contributed by atoms with E-state index in [9.17, 15) is 9.59 Å². The van der Waals surface area contributed by atoms with Crippen LogP contribution in [0.4, 0.5) is 10.3 Å². The minimum absolute atomic E-state index is 0.133. The predicted molar refractivity (Wildman–Crippen MR) is 166 cm³/mol. The quantitative estimate of drug-likeness (QED) is 0.317. The largest absolute Gasteiger partial charge is 0.352 e. The van der Waals surface area contributed by atoms with Crippen molar-refractivity contribution in [2.24, 2.45) is 11.8 Å². The molecule has 2 atom stereocenters. The van der Waals surface area contributed by atoms with Crippen LogP contribution < -0.4 is 10.6 Å². The van der Waals surface area contributed by atoms with Crippen molar-refractivity contribution in [3.63, 3.8) is 0 Å². The van der Waals surface area contributed by atoms with E-state index in [0.717, 1.165) is 94.9 Å². The molecular formula is C30H35N7O2S2. The van der Waals surface area contributed by atoms with Crippen LogP contribution in [0.2, 0.25) is 0 Å². The first-order valence-electron chi connectivity index (χ1n) is 14.5. The number of aryl methyl sites for hydroxylation is 1. The molecular weight excluding hydrogens is 555 g/mol. The standard InChI is InChI=1S/C30H35N7O2S2/c1-19-27-23(40-29(33-27)31-12-25(38)36-9-5-6-10-36)11-24-28(19)34-30(41-24)32-13-26(39)37-17-21-15-35(16-22(21)18-37)14-20-7-3-2-4-8-20/h2-4,7-8,11,21-22H,5-6,9-10,12-18H2,1H3,(H,31,33)(H,32,34). The summed E-state index contributed by atoms with van der Waals surface area (Å²) in [6.07, 6.45) is 2.18. The smallest absolute Gasteiger partial charge is 0.241 e. The third-order valence-corrected chi connectivity index (χ3v) is 10.6. The zero-order valence-corrected chi connectivity index (χ0v) is 24.9. The molecule has 9 nitrogen and oxygen atoms in total. The second kappa shape index (κ2) is 11.2. The maximum Gasteiger partial charge on any atom is 0.241 e. The summed E-state index contributed by atoms with van der Waals surface area (Å²) in [5, 5.41) is 8.04. The number of rotatable bonds is 8. The van der Waals surface area contributed by atoms with Crippen molar-refractivity contribution in [1.29, 1.82) is 0 Å². The van der Waals surface area contributed by atoms with Crippen molar-refractivity contribution >= 4 is 65.2 Å². The van der Waals surface area contributed by atoms with Gasteiger partial charge < -0.3 is 20.4 Å². The van der Waals surface area contributed by atoms with Crippen LogP contribution in [0, 0.1) is 18.8 Å². The molecule has 7 rings (SSSR count). The number of nitrogens with one attached hydrogen (secondary N) is 2. The molecule has 11 heteroatoms. The Morgan fingerprint density at radius 3 is 1.98 bits per heavy atom. The number of thiazole rings is 2. The molecule has 4 aromatic rings. The van der Waals surface area contributed by atoms with Gasteiger partial charge in [0.05, 0.1) is 33.5 Å². The summed E-state index contributed by atoms with van der Waals surface area (Å²) < 4.78 is 2.14. The molecule has 0 radical (unpaired) electrons. The van der Waals surface area contributed by atoms with Crippen molar-refractivity contribution in [2.45, 2.75) is 26.3 Å². The summed E-state index contributed by atoms with van der Waals surface area (Å²) in [6, 6.07) is 12.8. The number of likely N-dealkylation sites (tertiary alicyclic amines) is 3. The second-order valence-corrected chi connectivity index (χ2v) is 13.6. The van der Waals surface area contributed by atoms with Gasteiger partial charge in [0.1, 0.15) is 0 Å². The third-order valence-electron chi connectivity index (χ3n) is 8.68. The molecule has 2 aromatic carbocycles. The number of anilines is 2. The number of benzene rings is 2. The van der Waals surface area contributed by atoms with Crippen molar-refractivity contribution in [2.75, 3.05) is 63.0 Å². The monoisotopic (exact) mass is 589 g/mol. The van der Waals surface area contributed by atoms with Crippen LogP contribution in [0.5, 0.6) is 0 Å². The van der Waals surface area contributed by atoms with Crippen molar-refractivity contribution in [1.82, 2.24) is 24.7 Å². The number of amides is 2. The molecule has 2 aromatic heterocycles. The SMILES string of the molecule is Cc1c2nc(NCC(=O)N3CCCC3)sc2cc2sc(NCC(=O)N3CC4CN(Cc5ccccc5)CC4C3)nc12. The zero-order chi connectivity index (χ0) is 27.9. The van der Waals surface area contributed by atoms with Crippen LogP contribution in [0.1, 0.15) is 24.0 Å². The van der Waals surface area contributed by atoms with E-state index in [1.165, 1.54) is 5.56 Å². The lowest BCUT2D eigenvalue weighted by Crippen LogP contribution is -2.36. The van der Waals surface area contributed by atoms with Gasteiger partial charge in [0.2, 0.25) is 11.8 Å². The first-order chi connectivity index (χ1) is 20.0. The summed E-state index contributed by atoms with van der Waals surface area (Å²) in [4.78, 5) is 41.5. The number of fused-ring (bicyclic) bond motifs is 3. The lowest BCUT2D eigenvalue weighted by Gasteiger charge is -2.21. The number of carbonyl (C=O) groups is 2. The summed E-state index contributed by atoms with van der Waals surface area (Å²) in [5.74, 6) is 1.40. The molecule has 0 spiro atoms. The molecule has 0 saturated carbocycles. The minimum atomic E-state index is 0.133. The van der Waals surface area contributed by atoms with E-state index in [0.29, 0.717) is 11.8 Å². The maximum absolute atomic E-state index is 13.1. The molecule has 3 aliphatic rings. The highest BCUT2D eigenvalue weighted by Gasteiger charge is 2.41. The number of carbonyl (C=O) groups excluding carboxylic acids is 2. The molecule has 3 aliphatic heterocycles. The Morgan fingerprint density at radius 1 is 0.829 bits per heavy atom. The molecule has 2 unspecified atom stereocenters. The fourth-order valence-corrected chi connectivity index (χ4v) is 8.53. The van der Waals surface area contributed by atoms with Gasteiger partial charge in [0.25, 0.3) is 0 Å². The average molecular weight is 590 g/mol. The summed E-state index contributed by atoms with van der Waals surface area (Å²) >= 11 is 3.14. The Bertz CT molecular complexity index is 1570. The van der Waals surface area contributed by atoms with E-state index in [4.69, 9.17) is 9.97 Å². The molecule has 0 bridgehead atoms. The van der Waals surface area contributed by atoms with Gasteiger partial charge in [-0.3, -0.25) is 14.5 Å². The molecule has 2 N–H and O–H groups in total. The van der Waals surface area contributed by atoms with Gasteiger partial charge in [0.15, 0.2) is 10.3 Å². The van der Waals surface area contributed by atoms with Crippen molar-refractivity contribution in [3.8, 4) is 0 Å². The number of nitrogens with zero attached hydrogens (tertiary/aromatic N) is 5. The zero-order valence-electron chi connectivity index (χ0n) is 23.3. The molecule has 41 heavy (non-hydrogen) atoms. The Morgan fingerprint density at radius 2 is 1.39 bits per heavy atom. The Balaban J connectivity index is 0.938. The van der Waals surface area contributed by atoms with Gasteiger partial charge in [-0.05, 0) is 43.2 Å². The molecule has 3 fully saturated rings. The number of hydrogen-bond acceptors (Lipinski definition) is 9. The van der Waals surface area contributed by atoms with Crippen LogP contribution in [0.3, 0.4) is 0 Å². The molecule has 2 amide bonds. The Kier molecular flexibility index (Phi) is 7.26. The first kappa shape index (κ1) is 26.6. The van der Waals surface area contributed by atoms with Gasteiger partial charge in [-0.25, -0.2) is 9.97 Å². The van der Waals surface area contributed by atoms with E-state index >= 15 is 0 Å². The van der Waals surface area contributed by atoms with Crippen LogP contribution in [0.15, 0.2) is 36.4 Å². The Labute approximate surface area is 247 Å². The normalized spacial score (nSPS) is 20.8. The van der Waals surface area contributed by atoms with Gasteiger partial charge in [-0.1, -0.05) is 53.0 Å². The molecule has 214 valence electrons. The summed E-state index contributed by atoms with van der Waals surface area (Å²) in [5.41, 5.74) is 4.21. The first-order valence-corrected chi connectivity index (χ1v) is 16.1. The van der Waals surface area contributed by atoms with E-state index in [-0.39, 0.29) is 24.9 Å². The van der Waals surface area contributed by atoms with Crippen molar-refractivity contribution in [3.05, 3.63) is 47.5 Å². The third kappa shape index (κ3) is 5.50. The van der Waals surface area contributed by atoms with E-state index in [1.807, 2.05) is 16.7 Å². The van der Waals surface area contributed by atoms with E-state index < -0.39 is 0 Å². The van der Waals surface area contributed by atoms with Crippen LogP contribution in [-0.2, 0) is 16.1 Å². The molecule has 3 saturated heterocycles. The van der Waals surface area contributed by atoms with Crippen LogP contribution in [-0.4, -0.2) is 88.8 Å². The van der Waals surface area contributed by atoms with Gasteiger partial charge >= 0.3 is 0 Å². The Hall–Kier alpha value is -3.28. The summed E-state index contributed by atoms with van der Waals surface area (Å²) in [6.45, 7) is 9.10. The second-order valence-electron chi connectivity index (χ2n) is 11.5. The number of aromatic nitrogens is 2. The fraction of sp³-hybridized carbons (Fsp3) is 0.467. The van der Waals surface area contributed by atoms with Gasteiger partial charge in [0, 0.05) is 51.4 Å². The minimum Gasteiger partial charge on any atom is -0.352 e. The van der Waals surface area contributed by atoms with E-state index in [1.54, 1.807) is 22.7 Å². The van der Waals surface area contributed by atoms with Gasteiger partial charge in [-0.2, -0.15) is 0 Å². The highest BCUT2D eigenvalue weighted by molar-refractivity contribution is 7.24. The van der Waals surface area contributed by atoms with Crippen molar-refractivity contribution < 1.29 is 9.59 Å². The van der Waals surface area contributed by atoms with Crippen LogP contribution in [0.25, 0.3) is 20.4 Å². The lowest BCUT2D eigenvalue weighted by molar-refractivity contribution is -0.129. The van der Waals surface area contributed by atoms with E-state index in [2.05, 4.69) is 51.9 Å². The molecule has 5 heterocycles. The van der Waals surface area contributed by atoms with Gasteiger partial charge in [-0.15, -0.1) is 0 Å². The highest BCUT2D eigenvalue weighted by atomic mass is 32.1. The molecule has 0 aliphatic carbocycles. The number of hydrogen-bond donors (Lipinski definition) is 2. The summed E-state index contributed by atoms with van der Waals surface area (Å²) in [7, 11) is 0. The van der Waals surface area contributed by atoms with Crippen LogP contribution >= 0.6 is 22.7 Å². The topological polar surface area (TPSA) is 93.7 Å². The highest BCUT2D eigenvalue weighted by Crippen LogP contribution is 2.37.